The normalized spacial score (nSPS) is 23.2. The number of hydrogen-bond acceptors (Lipinski definition) is 3. The minimum Gasteiger partial charge on any atom is -0.497 e. The van der Waals surface area contributed by atoms with E-state index in [1.165, 1.54) is 50.1 Å². The first kappa shape index (κ1) is 21.5. The maximum atomic E-state index is 5.63. The van der Waals surface area contributed by atoms with Crippen LogP contribution >= 0.6 is 0 Å². The van der Waals surface area contributed by atoms with E-state index in [0.717, 1.165) is 24.8 Å². The van der Waals surface area contributed by atoms with E-state index in [9.17, 15) is 0 Å². The highest BCUT2D eigenvalue weighted by Crippen LogP contribution is 2.53. The van der Waals surface area contributed by atoms with Gasteiger partial charge in [0.2, 0.25) is 0 Å². The van der Waals surface area contributed by atoms with E-state index in [4.69, 9.17) is 4.74 Å². The van der Waals surface area contributed by atoms with Gasteiger partial charge >= 0.3 is 0 Å². The Labute approximate surface area is 173 Å². The van der Waals surface area contributed by atoms with Crippen molar-refractivity contribution in [1.82, 2.24) is 4.90 Å². The van der Waals surface area contributed by atoms with Crippen LogP contribution in [0.25, 0.3) is 0 Å². The van der Waals surface area contributed by atoms with Crippen molar-refractivity contribution in [2.45, 2.75) is 66.7 Å². The fraction of sp³-hybridized carbons (Fsp3) is 0.760. The third-order valence-electron chi connectivity index (χ3n) is 6.57. The summed E-state index contributed by atoms with van der Waals surface area (Å²) in [6, 6.07) is 6.80. The van der Waals surface area contributed by atoms with Gasteiger partial charge in [-0.15, -0.1) is 0 Å². The molecule has 0 radical (unpaired) electrons. The van der Waals surface area contributed by atoms with Gasteiger partial charge in [-0.1, -0.05) is 41.5 Å². The average Bonchev–Trinajstić information content (AvgIpc) is 2.59. The Morgan fingerprint density at radius 1 is 1.00 bits per heavy atom. The highest BCUT2D eigenvalue weighted by Gasteiger charge is 2.40. The molecule has 0 atom stereocenters. The van der Waals surface area contributed by atoms with Crippen LogP contribution in [0.1, 0.15) is 72.3 Å². The summed E-state index contributed by atoms with van der Waals surface area (Å²) in [5.41, 5.74) is 3.74. The summed E-state index contributed by atoms with van der Waals surface area (Å²) in [6.45, 7) is 20.3. The number of piperazine rings is 1. The predicted octanol–water partition coefficient (Wildman–Crippen LogP) is 5.79. The Kier molecular flexibility index (Phi) is 6.34. The van der Waals surface area contributed by atoms with Crippen LogP contribution in [0.5, 0.6) is 5.75 Å². The van der Waals surface area contributed by atoms with Crippen molar-refractivity contribution in [2.75, 3.05) is 44.7 Å². The number of hydrogen-bond donors (Lipinski definition) is 0. The molecule has 0 bridgehead atoms. The van der Waals surface area contributed by atoms with Crippen LogP contribution in [-0.4, -0.2) is 44.7 Å². The minimum atomic E-state index is 0.392. The molecule has 3 heteroatoms. The summed E-state index contributed by atoms with van der Waals surface area (Å²) >= 11 is 0. The van der Waals surface area contributed by atoms with E-state index in [-0.39, 0.29) is 0 Å². The van der Waals surface area contributed by atoms with E-state index in [1.807, 2.05) is 0 Å². The molecule has 3 rings (SSSR count). The van der Waals surface area contributed by atoms with Crippen LogP contribution in [-0.2, 0) is 0 Å². The molecule has 1 aliphatic heterocycles. The van der Waals surface area contributed by atoms with Crippen LogP contribution in [0.3, 0.4) is 0 Å². The number of rotatable bonds is 5. The monoisotopic (exact) mass is 386 g/mol. The molecule has 1 saturated heterocycles. The topological polar surface area (TPSA) is 15.7 Å². The molecular weight excluding hydrogens is 344 g/mol. The zero-order valence-corrected chi connectivity index (χ0v) is 19.3. The summed E-state index contributed by atoms with van der Waals surface area (Å²) < 4.78 is 5.63. The van der Waals surface area contributed by atoms with Crippen LogP contribution in [0.15, 0.2) is 18.2 Å². The summed E-state index contributed by atoms with van der Waals surface area (Å²) in [7, 11) is 1.79. The van der Waals surface area contributed by atoms with Gasteiger partial charge in [-0.2, -0.15) is 0 Å². The third kappa shape index (κ3) is 5.23. The van der Waals surface area contributed by atoms with Gasteiger partial charge in [0.05, 0.1) is 7.11 Å². The van der Waals surface area contributed by atoms with Gasteiger partial charge in [0.1, 0.15) is 5.75 Å². The standard InChI is InChI=1S/C25H42N2O/c1-19(2)17-26-10-12-27(13-11-26)23-9-8-21(28-7)14-22(23)20-15-24(3,4)18-25(5,6)16-20/h8-9,14,19-20H,10-13,15-18H2,1-7H3. The fourth-order valence-electron chi connectivity index (χ4n) is 6.03. The Hall–Kier alpha value is -1.22. The van der Waals surface area contributed by atoms with E-state index in [1.54, 1.807) is 7.11 Å². The van der Waals surface area contributed by atoms with Gasteiger partial charge in [0, 0.05) is 38.4 Å². The van der Waals surface area contributed by atoms with E-state index >= 15 is 0 Å². The predicted molar refractivity (Wildman–Crippen MR) is 121 cm³/mol. The van der Waals surface area contributed by atoms with Crippen molar-refractivity contribution in [2.24, 2.45) is 16.7 Å². The van der Waals surface area contributed by atoms with Crippen LogP contribution in [0.2, 0.25) is 0 Å². The lowest BCUT2D eigenvalue weighted by Gasteiger charge is -2.46. The molecule has 1 heterocycles. The Morgan fingerprint density at radius 2 is 1.61 bits per heavy atom. The molecule has 2 fully saturated rings. The van der Waals surface area contributed by atoms with E-state index < -0.39 is 0 Å². The SMILES string of the molecule is COc1ccc(N2CCN(CC(C)C)CC2)c(C2CC(C)(C)CC(C)(C)C2)c1. The highest BCUT2D eigenvalue weighted by molar-refractivity contribution is 5.58. The Balaban J connectivity index is 1.85. The number of nitrogens with zero attached hydrogens (tertiary/aromatic N) is 2. The lowest BCUT2D eigenvalue weighted by Crippen LogP contribution is -2.47. The molecule has 0 spiro atoms. The molecule has 158 valence electrons. The van der Waals surface area contributed by atoms with Crippen molar-refractivity contribution < 1.29 is 4.74 Å². The van der Waals surface area contributed by atoms with Gasteiger partial charge in [0.15, 0.2) is 0 Å². The summed E-state index contributed by atoms with van der Waals surface area (Å²) in [4.78, 5) is 5.25. The van der Waals surface area contributed by atoms with Crippen LogP contribution in [0, 0.1) is 16.7 Å². The van der Waals surface area contributed by atoms with Crippen molar-refractivity contribution >= 4 is 5.69 Å². The first-order chi connectivity index (χ1) is 13.1. The first-order valence-electron chi connectivity index (χ1n) is 11.2. The number of anilines is 1. The van der Waals surface area contributed by atoms with Gasteiger partial charge in [-0.25, -0.2) is 0 Å². The average molecular weight is 387 g/mol. The van der Waals surface area contributed by atoms with Crippen molar-refractivity contribution in [1.29, 1.82) is 0 Å². The van der Waals surface area contributed by atoms with Crippen molar-refractivity contribution in [3.05, 3.63) is 23.8 Å². The second-order valence-electron chi connectivity index (χ2n) is 11.2. The molecule has 2 aliphatic rings. The van der Waals surface area contributed by atoms with Crippen LogP contribution < -0.4 is 9.64 Å². The molecule has 0 aromatic heterocycles. The van der Waals surface area contributed by atoms with E-state index in [0.29, 0.717) is 16.7 Å². The minimum absolute atomic E-state index is 0.392. The second-order valence-corrected chi connectivity index (χ2v) is 11.2. The lowest BCUT2D eigenvalue weighted by atomic mass is 9.60. The van der Waals surface area contributed by atoms with E-state index in [2.05, 4.69) is 69.5 Å². The summed E-state index contributed by atoms with van der Waals surface area (Å²) in [5.74, 6) is 2.35. The smallest absolute Gasteiger partial charge is 0.119 e. The Bertz CT molecular complexity index is 641. The van der Waals surface area contributed by atoms with Gasteiger partial charge in [-0.3, -0.25) is 4.90 Å². The largest absolute Gasteiger partial charge is 0.497 e. The van der Waals surface area contributed by atoms with Crippen molar-refractivity contribution in [3.63, 3.8) is 0 Å². The lowest BCUT2D eigenvalue weighted by molar-refractivity contribution is 0.0969. The second kappa shape index (κ2) is 8.26. The zero-order valence-electron chi connectivity index (χ0n) is 19.3. The molecule has 0 N–H and O–H groups in total. The molecule has 3 nitrogen and oxygen atoms in total. The molecule has 1 aromatic carbocycles. The molecule has 1 aliphatic carbocycles. The van der Waals surface area contributed by atoms with Crippen molar-refractivity contribution in [3.8, 4) is 5.75 Å². The maximum absolute atomic E-state index is 5.63. The number of ether oxygens (including phenoxy) is 1. The highest BCUT2D eigenvalue weighted by atomic mass is 16.5. The number of benzene rings is 1. The molecule has 1 saturated carbocycles. The molecular formula is C25H42N2O. The van der Waals surface area contributed by atoms with Crippen LogP contribution in [0.4, 0.5) is 5.69 Å². The summed E-state index contributed by atoms with van der Waals surface area (Å²) in [5, 5.41) is 0. The molecule has 0 amide bonds. The third-order valence-corrected chi connectivity index (χ3v) is 6.57. The zero-order chi connectivity index (χ0) is 20.5. The van der Waals surface area contributed by atoms with Gasteiger partial charge < -0.3 is 9.64 Å². The first-order valence-corrected chi connectivity index (χ1v) is 11.2. The molecule has 28 heavy (non-hydrogen) atoms. The summed E-state index contributed by atoms with van der Waals surface area (Å²) in [6.07, 6.45) is 3.84. The molecule has 0 unspecified atom stereocenters. The maximum Gasteiger partial charge on any atom is 0.119 e. The molecule has 1 aromatic rings. The van der Waals surface area contributed by atoms with Gasteiger partial charge in [0.25, 0.3) is 0 Å². The fourth-order valence-corrected chi connectivity index (χ4v) is 6.03. The number of methoxy groups -OCH3 is 1. The Morgan fingerprint density at radius 3 is 2.14 bits per heavy atom. The van der Waals surface area contributed by atoms with Gasteiger partial charge in [-0.05, 0) is 65.7 Å². The quantitative estimate of drug-likeness (QED) is 0.637.